The fourth-order valence-electron chi connectivity index (χ4n) is 2.87. The third kappa shape index (κ3) is 4.02. The first-order valence-corrected chi connectivity index (χ1v) is 9.58. The van der Waals surface area contributed by atoms with Crippen molar-refractivity contribution in [3.8, 4) is 5.69 Å². The lowest BCUT2D eigenvalue weighted by atomic mass is 10.2. The Bertz CT molecular complexity index is 771. The maximum absolute atomic E-state index is 12.3. The Hall–Kier alpha value is -2.06. The third-order valence-corrected chi connectivity index (χ3v) is 5.27. The zero-order valence-corrected chi connectivity index (χ0v) is 16.5. The highest BCUT2D eigenvalue weighted by atomic mass is 32.2. The molecule has 1 atom stereocenters. The summed E-state index contributed by atoms with van der Waals surface area (Å²) >= 11 is 1.43. The Kier molecular flexibility index (Phi) is 5.83. The second-order valence-electron chi connectivity index (χ2n) is 6.55. The van der Waals surface area contributed by atoms with Crippen molar-refractivity contribution >= 4 is 23.6 Å². The van der Waals surface area contributed by atoms with Gasteiger partial charge in [-0.05, 0) is 31.5 Å². The van der Waals surface area contributed by atoms with Crippen LogP contribution < -0.4 is 4.90 Å². The summed E-state index contributed by atoms with van der Waals surface area (Å²) in [6.45, 7) is 6.88. The fourth-order valence-corrected chi connectivity index (χ4v) is 3.88. The minimum atomic E-state index is -0.240. The molecule has 0 bridgehead atoms. The van der Waals surface area contributed by atoms with Crippen LogP contribution in [0.3, 0.4) is 0 Å². The molecule has 7 nitrogen and oxygen atoms in total. The van der Waals surface area contributed by atoms with Crippen molar-refractivity contribution in [1.29, 1.82) is 0 Å². The van der Waals surface area contributed by atoms with Crippen molar-refractivity contribution in [2.75, 3.05) is 45.3 Å². The smallest absolute Gasteiger partial charge is 0.235 e. The molecule has 8 heteroatoms. The number of anilines is 1. The van der Waals surface area contributed by atoms with Crippen LogP contribution in [-0.2, 0) is 9.53 Å². The monoisotopic (exact) mass is 375 g/mol. The predicted octanol–water partition coefficient (Wildman–Crippen LogP) is 1.98. The van der Waals surface area contributed by atoms with E-state index in [0.717, 1.165) is 35.4 Å². The number of hydrogen-bond donors (Lipinski definition) is 0. The number of carbonyl (C=O) groups is 1. The van der Waals surface area contributed by atoms with E-state index in [1.165, 1.54) is 11.8 Å². The van der Waals surface area contributed by atoms with Gasteiger partial charge in [-0.3, -0.25) is 9.36 Å². The molecule has 0 spiro atoms. The maximum Gasteiger partial charge on any atom is 0.235 e. The molecule has 0 N–H and O–H groups in total. The number of aryl methyl sites for hydroxylation is 1. The summed E-state index contributed by atoms with van der Waals surface area (Å²) in [5.74, 6) is 0.854. The molecule has 1 amide bonds. The van der Waals surface area contributed by atoms with Crippen LogP contribution in [-0.4, -0.2) is 71.2 Å². The molecular weight excluding hydrogens is 350 g/mol. The summed E-state index contributed by atoms with van der Waals surface area (Å²) in [4.78, 5) is 16.1. The van der Waals surface area contributed by atoms with Gasteiger partial charge < -0.3 is 14.5 Å². The summed E-state index contributed by atoms with van der Waals surface area (Å²) in [6, 6.07) is 8.24. The molecule has 3 rings (SSSR count). The van der Waals surface area contributed by atoms with Crippen LogP contribution in [0, 0.1) is 6.92 Å². The van der Waals surface area contributed by atoms with Crippen LogP contribution in [0.4, 0.5) is 5.95 Å². The zero-order valence-electron chi connectivity index (χ0n) is 15.7. The second-order valence-corrected chi connectivity index (χ2v) is 7.86. The molecule has 2 heterocycles. The molecule has 0 aliphatic carbocycles. The van der Waals surface area contributed by atoms with Gasteiger partial charge in [0.1, 0.15) is 0 Å². The van der Waals surface area contributed by atoms with Crippen LogP contribution in [0.2, 0.25) is 0 Å². The molecule has 1 aromatic heterocycles. The van der Waals surface area contributed by atoms with E-state index in [-0.39, 0.29) is 11.2 Å². The largest absolute Gasteiger partial charge is 0.378 e. The number of ether oxygens (including phenoxy) is 1. The van der Waals surface area contributed by atoms with E-state index in [2.05, 4.69) is 34.2 Å². The number of carbonyl (C=O) groups excluding carboxylic acids is 1. The summed E-state index contributed by atoms with van der Waals surface area (Å²) < 4.78 is 7.50. The van der Waals surface area contributed by atoms with Gasteiger partial charge in [-0.1, -0.05) is 23.9 Å². The van der Waals surface area contributed by atoms with Gasteiger partial charge in [0.05, 0.1) is 24.2 Å². The van der Waals surface area contributed by atoms with E-state index in [4.69, 9.17) is 4.74 Å². The Labute approximate surface area is 158 Å². The van der Waals surface area contributed by atoms with E-state index in [0.29, 0.717) is 13.2 Å². The second kappa shape index (κ2) is 8.09. The first kappa shape index (κ1) is 18.7. The molecule has 0 radical (unpaired) electrons. The molecular formula is C18H25N5O2S. The summed E-state index contributed by atoms with van der Waals surface area (Å²) in [6.07, 6.45) is 0. The molecule has 140 valence electrons. The maximum atomic E-state index is 12.3. The van der Waals surface area contributed by atoms with E-state index in [9.17, 15) is 4.79 Å². The van der Waals surface area contributed by atoms with Gasteiger partial charge >= 0.3 is 0 Å². The van der Waals surface area contributed by atoms with Crippen molar-refractivity contribution in [2.45, 2.75) is 24.3 Å². The van der Waals surface area contributed by atoms with Crippen LogP contribution in [0.5, 0.6) is 0 Å². The highest BCUT2D eigenvalue weighted by Gasteiger charge is 2.25. The van der Waals surface area contributed by atoms with Gasteiger partial charge in [0.25, 0.3) is 0 Å². The molecule has 1 unspecified atom stereocenters. The van der Waals surface area contributed by atoms with E-state index in [1.54, 1.807) is 19.0 Å². The van der Waals surface area contributed by atoms with Crippen LogP contribution in [0.1, 0.15) is 12.5 Å². The van der Waals surface area contributed by atoms with Crippen molar-refractivity contribution in [3.63, 3.8) is 0 Å². The summed E-state index contributed by atoms with van der Waals surface area (Å²) in [5.41, 5.74) is 2.17. The van der Waals surface area contributed by atoms with Crippen molar-refractivity contribution in [2.24, 2.45) is 0 Å². The predicted molar refractivity (Wildman–Crippen MR) is 103 cm³/mol. The third-order valence-electron chi connectivity index (χ3n) is 4.24. The van der Waals surface area contributed by atoms with Crippen LogP contribution >= 0.6 is 11.8 Å². The highest BCUT2D eigenvalue weighted by Crippen LogP contribution is 2.30. The molecule has 1 fully saturated rings. The normalized spacial score (nSPS) is 15.8. The van der Waals surface area contributed by atoms with Gasteiger partial charge in [0.2, 0.25) is 11.9 Å². The first-order valence-electron chi connectivity index (χ1n) is 8.70. The average Bonchev–Trinajstić information content (AvgIpc) is 3.05. The molecule has 1 saturated heterocycles. The molecule has 1 aliphatic heterocycles. The number of amides is 1. The lowest BCUT2D eigenvalue weighted by molar-refractivity contribution is -0.127. The number of rotatable bonds is 5. The molecule has 26 heavy (non-hydrogen) atoms. The quantitative estimate of drug-likeness (QED) is 0.745. The van der Waals surface area contributed by atoms with E-state index in [1.807, 2.05) is 23.6 Å². The SMILES string of the molecule is Cc1cccc(-n2c(SC(C)C(=O)N(C)C)nnc2N2CCOCC2)c1. The van der Waals surface area contributed by atoms with Crippen LogP contribution in [0.25, 0.3) is 5.69 Å². The molecule has 2 aromatic rings. The van der Waals surface area contributed by atoms with Gasteiger partial charge in [0.15, 0.2) is 5.16 Å². The first-order chi connectivity index (χ1) is 12.5. The van der Waals surface area contributed by atoms with Gasteiger partial charge in [-0.2, -0.15) is 0 Å². The molecule has 1 aliphatic rings. The number of thioether (sulfide) groups is 1. The van der Waals surface area contributed by atoms with Gasteiger partial charge in [-0.15, -0.1) is 10.2 Å². The molecule has 0 saturated carbocycles. The average molecular weight is 375 g/mol. The number of benzene rings is 1. The van der Waals surface area contributed by atoms with E-state index >= 15 is 0 Å². The zero-order chi connectivity index (χ0) is 18.7. The fraction of sp³-hybridized carbons (Fsp3) is 0.500. The molecule has 1 aromatic carbocycles. The number of hydrogen-bond acceptors (Lipinski definition) is 6. The topological polar surface area (TPSA) is 63.5 Å². The van der Waals surface area contributed by atoms with Gasteiger partial charge in [-0.25, -0.2) is 0 Å². The summed E-state index contributed by atoms with van der Waals surface area (Å²) in [5, 5.41) is 9.32. The Morgan fingerprint density at radius 1 is 1.27 bits per heavy atom. The number of nitrogens with zero attached hydrogens (tertiary/aromatic N) is 5. The lowest BCUT2D eigenvalue weighted by Gasteiger charge is -2.28. The number of morpholine rings is 1. The summed E-state index contributed by atoms with van der Waals surface area (Å²) in [7, 11) is 3.54. The van der Waals surface area contributed by atoms with Crippen LogP contribution in [0.15, 0.2) is 29.4 Å². The lowest BCUT2D eigenvalue weighted by Crippen LogP contribution is -2.38. The van der Waals surface area contributed by atoms with Crippen molar-refractivity contribution < 1.29 is 9.53 Å². The van der Waals surface area contributed by atoms with Crippen molar-refractivity contribution in [3.05, 3.63) is 29.8 Å². The highest BCUT2D eigenvalue weighted by molar-refractivity contribution is 8.00. The van der Waals surface area contributed by atoms with Crippen molar-refractivity contribution in [1.82, 2.24) is 19.7 Å². The number of aromatic nitrogens is 3. The minimum absolute atomic E-state index is 0.0571. The Balaban J connectivity index is 1.98. The Morgan fingerprint density at radius 2 is 2.00 bits per heavy atom. The minimum Gasteiger partial charge on any atom is -0.378 e. The standard InChI is InChI=1S/C18H25N5O2S/c1-13-6-5-7-15(12-13)23-17(22-8-10-25-11-9-22)19-20-18(23)26-14(2)16(24)21(3)4/h5-7,12,14H,8-11H2,1-4H3. The Morgan fingerprint density at radius 3 is 2.65 bits per heavy atom. The van der Waals surface area contributed by atoms with E-state index < -0.39 is 0 Å². The van der Waals surface area contributed by atoms with Gasteiger partial charge in [0, 0.05) is 27.2 Å².